The standard InChI is InChI=1S/C50H89NO8/c1-6-8-10-12-14-16-18-20-22-23-24-25-27-29-31-33-35-37-39-41-48(53)59-46(45-58-50(49(54)55)56-43-42-51(3,4)5)44-57-47(52)40-38-36-34-32-30-28-26-21-19-17-15-13-11-9-7-2/h8,10,14,16,20,22,24-25,46,50H,6-7,9,11-13,15,17-19,21,23,26-45H2,1-5H3/p+1/b10-8-,16-14-,22-20-,25-24-. The summed E-state index contributed by atoms with van der Waals surface area (Å²) in [5.74, 6) is -2.02. The first kappa shape index (κ1) is 56.2. The highest BCUT2D eigenvalue weighted by molar-refractivity contribution is 5.71. The Hall–Kier alpha value is -2.75. The van der Waals surface area contributed by atoms with E-state index in [2.05, 4.69) is 62.5 Å². The summed E-state index contributed by atoms with van der Waals surface area (Å²) >= 11 is 0. The summed E-state index contributed by atoms with van der Waals surface area (Å²) in [6.07, 6.45) is 45.9. The zero-order valence-corrected chi connectivity index (χ0v) is 38.7. The van der Waals surface area contributed by atoms with Gasteiger partial charge in [-0.25, -0.2) is 4.79 Å². The van der Waals surface area contributed by atoms with E-state index in [1.807, 2.05) is 21.1 Å². The van der Waals surface area contributed by atoms with Gasteiger partial charge < -0.3 is 28.5 Å². The average molecular weight is 833 g/mol. The maximum atomic E-state index is 12.8. The second-order valence-electron chi connectivity index (χ2n) is 17.0. The van der Waals surface area contributed by atoms with Gasteiger partial charge in [0.05, 0.1) is 34.4 Å². The van der Waals surface area contributed by atoms with Crippen LogP contribution in [-0.2, 0) is 33.3 Å². The van der Waals surface area contributed by atoms with Gasteiger partial charge in [0.2, 0.25) is 0 Å². The molecule has 9 heteroatoms. The molecule has 2 atom stereocenters. The van der Waals surface area contributed by atoms with E-state index in [9.17, 15) is 19.5 Å². The molecule has 0 saturated carbocycles. The number of ether oxygens (including phenoxy) is 4. The van der Waals surface area contributed by atoms with Crippen LogP contribution in [0, 0.1) is 0 Å². The van der Waals surface area contributed by atoms with E-state index in [-0.39, 0.29) is 32.2 Å². The van der Waals surface area contributed by atoms with Gasteiger partial charge in [-0.2, -0.15) is 0 Å². The van der Waals surface area contributed by atoms with E-state index in [0.29, 0.717) is 23.9 Å². The highest BCUT2D eigenvalue weighted by Crippen LogP contribution is 2.15. The van der Waals surface area contributed by atoms with Crippen LogP contribution in [0.3, 0.4) is 0 Å². The molecule has 1 N–H and O–H groups in total. The van der Waals surface area contributed by atoms with Gasteiger partial charge in [0.1, 0.15) is 13.2 Å². The molecule has 0 spiro atoms. The lowest BCUT2D eigenvalue weighted by atomic mass is 10.0. The number of unbranched alkanes of at least 4 members (excludes halogenated alkanes) is 20. The number of carboxylic acid groups (broad SMARTS) is 1. The Balaban J connectivity index is 4.42. The molecule has 0 amide bonds. The third-order valence-corrected chi connectivity index (χ3v) is 10.1. The van der Waals surface area contributed by atoms with Gasteiger partial charge in [0.25, 0.3) is 6.29 Å². The van der Waals surface area contributed by atoms with Gasteiger partial charge >= 0.3 is 17.9 Å². The molecule has 0 rings (SSSR count). The molecule has 0 radical (unpaired) electrons. The lowest BCUT2D eigenvalue weighted by Crippen LogP contribution is -2.40. The maximum Gasteiger partial charge on any atom is 0.361 e. The van der Waals surface area contributed by atoms with E-state index in [4.69, 9.17) is 18.9 Å². The second kappa shape index (κ2) is 42.0. The smallest absolute Gasteiger partial charge is 0.361 e. The summed E-state index contributed by atoms with van der Waals surface area (Å²) in [6.45, 7) is 4.75. The third kappa shape index (κ3) is 43.2. The lowest BCUT2D eigenvalue weighted by molar-refractivity contribution is -0.870. The first-order chi connectivity index (χ1) is 28.6. The van der Waals surface area contributed by atoms with Crippen molar-refractivity contribution in [2.45, 2.75) is 206 Å². The Kier molecular flexibility index (Phi) is 40.0. The number of nitrogens with zero attached hydrogens (tertiary/aromatic N) is 1. The normalized spacial score (nSPS) is 13.3. The number of carbonyl (C=O) groups is 3. The second-order valence-corrected chi connectivity index (χ2v) is 17.0. The van der Waals surface area contributed by atoms with Crippen LogP contribution in [0.1, 0.15) is 194 Å². The van der Waals surface area contributed by atoms with Crippen molar-refractivity contribution in [2.75, 3.05) is 47.5 Å². The molecule has 0 aliphatic heterocycles. The topological polar surface area (TPSA) is 108 Å². The van der Waals surface area contributed by atoms with E-state index >= 15 is 0 Å². The van der Waals surface area contributed by atoms with Crippen LogP contribution in [-0.4, -0.2) is 87.4 Å². The van der Waals surface area contributed by atoms with E-state index < -0.39 is 24.3 Å². The van der Waals surface area contributed by atoms with Crippen LogP contribution in [0.15, 0.2) is 48.6 Å². The van der Waals surface area contributed by atoms with Crippen LogP contribution in [0.25, 0.3) is 0 Å². The van der Waals surface area contributed by atoms with E-state index in [1.165, 1.54) is 77.0 Å². The van der Waals surface area contributed by atoms with Crippen molar-refractivity contribution in [1.82, 2.24) is 0 Å². The minimum Gasteiger partial charge on any atom is -0.477 e. The number of carboxylic acids is 1. The van der Waals surface area contributed by atoms with Crippen LogP contribution >= 0.6 is 0 Å². The first-order valence-electron chi connectivity index (χ1n) is 23.8. The molecular weight excluding hydrogens is 743 g/mol. The lowest BCUT2D eigenvalue weighted by Gasteiger charge is -2.25. The van der Waals surface area contributed by atoms with Gasteiger partial charge in [-0.15, -0.1) is 0 Å². The van der Waals surface area contributed by atoms with Crippen molar-refractivity contribution in [1.29, 1.82) is 0 Å². The summed E-state index contributed by atoms with van der Waals surface area (Å²) in [7, 11) is 5.95. The largest absolute Gasteiger partial charge is 0.477 e. The quantitative estimate of drug-likeness (QED) is 0.0213. The number of carbonyl (C=O) groups excluding carboxylic acids is 2. The molecule has 0 aromatic carbocycles. The van der Waals surface area contributed by atoms with Crippen molar-refractivity contribution in [3.63, 3.8) is 0 Å². The number of hydrogen-bond donors (Lipinski definition) is 1. The number of rotatable bonds is 43. The minimum absolute atomic E-state index is 0.184. The minimum atomic E-state index is -1.51. The number of aliphatic carboxylic acids is 1. The van der Waals surface area contributed by atoms with Crippen molar-refractivity contribution in [3.8, 4) is 0 Å². The van der Waals surface area contributed by atoms with Gasteiger partial charge in [0, 0.05) is 12.8 Å². The molecule has 2 unspecified atom stereocenters. The van der Waals surface area contributed by atoms with Gasteiger partial charge in [-0.05, 0) is 51.4 Å². The molecule has 0 bridgehead atoms. The molecule has 0 fully saturated rings. The molecule has 0 saturated heterocycles. The fourth-order valence-corrected chi connectivity index (χ4v) is 6.41. The Morgan fingerprint density at radius 1 is 0.525 bits per heavy atom. The molecular formula is C50H90NO8+. The number of hydrogen-bond acceptors (Lipinski definition) is 7. The van der Waals surface area contributed by atoms with Crippen LogP contribution in [0.2, 0.25) is 0 Å². The number of allylic oxidation sites excluding steroid dienone is 8. The van der Waals surface area contributed by atoms with Crippen LogP contribution in [0.4, 0.5) is 0 Å². The summed E-state index contributed by atoms with van der Waals surface area (Å²) in [4.78, 5) is 37.2. The first-order valence-corrected chi connectivity index (χ1v) is 23.8. The van der Waals surface area contributed by atoms with Crippen molar-refractivity contribution in [2.24, 2.45) is 0 Å². The fraction of sp³-hybridized carbons (Fsp3) is 0.780. The number of quaternary nitrogens is 1. The van der Waals surface area contributed by atoms with Crippen molar-refractivity contribution >= 4 is 17.9 Å². The molecule has 0 aromatic heterocycles. The number of esters is 2. The van der Waals surface area contributed by atoms with Crippen LogP contribution < -0.4 is 0 Å². The Labute approximate surface area is 362 Å². The summed E-state index contributed by atoms with van der Waals surface area (Å²) in [6, 6.07) is 0. The average Bonchev–Trinajstić information content (AvgIpc) is 3.19. The SMILES string of the molecule is CC/C=C\C/C=C\C/C=C\C/C=C\CCCCCCCCC(=O)OC(COC(=O)CCCCCCCCCCCCCCCCC)COC(OCC[N+](C)(C)C)C(=O)O. The molecule has 59 heavy (non-hydrogen) atoms. The predicted molar refractivity (Wildman–Crippen MR) is 244 cm³/mol. The Morgan fingerprint density at radius 2 is 0.966 bits per heavy atom. The zero-order valence-electron chi connectivity index (χ0n) is 38.7. The highest BCUT2D eigenvalue weighted by Gasteiger charge is 2.25. The maximum absolute atomic E-state index is 12.8. The monoisotopic (exact) mass is 833 g/mol. The van der Waals surface area contributed by atoms with Crippen molar-refractivity contribution in [3.05, 3.63) is 48.6 Å². The fourth-order valence-electron chi connectivity index (χ4n) is 6.41. The summed E-state index contributed by atoms with van der Waals surface area (Å²) in [5.41, 5.74) is 0. The molecule has 0 aromatic rings. The third-order valence-electron chi connectivity index (χ3n) is 10.1. The molecule has 0 aliphatic rings. The molecule has 0 heterocycles. The van der Waals surface area contributed by atoms with Gasteiger partial charge in [0.15, 0.2) is 6.10 Å². The summed E-state index contributed by atoms with van der Waals surface area (Å²) in [5, 5.41) is 9.65. The molecule has 9 nitrogen and oxygen atoms in total. The van der Waals surface area contributed by atoms with Gasteiger partial charge in [-0.3, -0.25) is 9.59 Å². The van der Waals surface area contributed by atoms with Crippen molar-refractivity contribution < 1.29 is 42.9 Å². The Bertz CT molecular complexity index is 1110. The van der Waals surface area contributed by atoms with Crippen LogP contribution in [0.5, 0.6) is 0 Å². The molecule has 0 aliphatic carbocycles. The van der Waals surface area contributed by atoms with E-state index in [1.54, 1.807) is 0 Å². The predicted octanol–water partition coefficient (Wildman–Crippen LogP) is 12.8. The zero-order chi connectivity index (χ0) is 43.5. The van der Waals surface area contributed by atoms with Gasteiger partial charge in [-0.1, -0.05) is 178 Å². The number of likely N-dealkylation sites (N-methyl/N-ethyl adjacent to an activating group) is 1. The highest BCUT2D eigenvalue weighted by atomic mass is 16.7. The van der Waals surface area contributed by atoms with E-state index in [0.717, 1.165) is 83.5 Å². The Morgan fingerprint density at radius 3 is 1.44 bits per heavy atom. The summed E-state index contributed by atoms with van der Waals surface area (Å²) < 4.78 is 22.8. The molecule has 342 valence electrons.